The van der Waals surface area contributed by atoms with Crippen LogP contribution in [0.2, 0.25) is 0 Å². The average Bonchev–Trinajstić information content (AvgIpc) is 3.05. The Labute approximate surface area is 128 Å². The van der Waals surface area contributed by atoms with Gasteiger partial charge in [-0.1, -0.05) is 0 Å². The maximum Gasteiger partial charge on any atom is 0.265 e. The molecule has 1 aliphatic heterocycles. The molecule has 5 heteroatoms. The number of nitrogens with zero attached hydrogens (tertiary/aromatic N) is 2. The van der Waals surface area contributed by atoms with E-state index in [4.69, 9.17) is 4.74 Å². The zero-order valence-corrected chi connectivity index (χ0v) is 12.9. The predicted molar refractivity (Wildman–Crippen MR) is 83.9 cm³/mol. The topological polar surface area (TPSA) is 42.4 Å². The highest BCUT2D eigenvalue weighted by Crippen LogP contribution is 2.28. The first-order valence-electron chi connectivity index (χ1n) is 7.17. The summed E-state index contributed by atoms with van der Waals surface area (Å²) in [7, 11) is 1.65. The number of ether oxygens (including phenoxy) is 1. The molecule has 2 aromatic rings. The SMILES string of the molecule is COc1ccc(-c2ncc(C(=O)N3CCCCC3)s2)cc1. The molecule has 1 aromatic carbocycles. The van der Waals surface area contributed by atoms with E-state index in [2.05, 4.69) is 4.98 Å². The van der Waals surface area contributed by atoms with E-state index >= 15 is 0 Å². The van der Waals surface area contributed by atoms with Gasteiger partial charge in [0.2, 0.25) is 0 Å². The largest absolute Gasteiger partial charge is 0.497 e. The quantitative estimate of drug-likeness (QED) is 0.872. The van der Waals surface area contributed by atoms with Crippen LogP contribution in [0, 0.1) is 0 Å². The van der Waals surface area contributed by atoms with Crippen molar-refractivity contribution < 1.29 is 9.53 Å². The van der Waals surface area contributed by atoms with E-state index in [-0.39, 0.29) is 5.91 Å². The molecule has 0 aliphatic carbocycles. The van der Waals surface area contributed by atoms with Crippen molar-refractivity contribution in [2.24, 2.45) is 0 Å². The molecule has 0 radical (unpaired) electrons. The number of carbonyl (C=O) groups is 1. The monoisotopic (exact) mass is 302 g/mol. The van der Waals surface area contributed by atoms with Crippen LogP contribution in [-0.4, -0.2) is 36.0 Å². The Morgan fingerprint density at radius 3 is 2.57 bits per heavy atom. The van der Waals surface area contributed by atoms with Crippen molar-refractivity contribution in [1.82, 2.24) is 9.88 Å². The number of amides is 1. The summed E-state index contributed by atoms with van der Waals surface area (Å²) in [4.78, 5) is 19.5. The van der Waals surface area contributed by atoms with Crippen LogP contribution >= 0.6 is 11.3 Å². The summed E-state index contributed by atoms with van der Waals surface area (Å²) in [5, 5.41) is 0.873. The number of piperidine rings is 1. The highest BCUT2D eigenvalue weighted by atomic mass is 32.1. The van der Waals surface area contributed by atoms with Crippen LogP contribution in [-0.2, 0) is 0 Å². The molecular formula is C16H18N2O2S. The number of benzene rings is 1. The Morgan fingerprint density at radius 1 is 1.19 bits per heavy atom. The third-order valence-corrected chi connectivity index (χ3v) is 4.73. The molecular weight excluding hydrogens is 284 g/mol. The van der Waals surface area contributed by atoms with Crippen LogP contribution in [0.25, 0.3) is 10.6 Å². The lowest BCUT2D eigenvalue weighted by Crippen LogP contribution is -2.35. The number of hydrogen-bond acceptors (Lipinski definition) is 4. The van der Waals surface area contributed by atoms with Gasteiger partial charge in [0.1, 0.15) is 15.6 Å². The first-order valence-corrected chi connectivity index (χ1v) is 7.99. The molecule has 3 rings (SSSR count). The molecule has 1 amide bonds. The van der Waals surface area contributed by atoms with Gasteiger partial charge in [0.15, 0.2) is 0 Å². The Bertz CT molecular complexity index is 615. The van der Waals surface area contributed by atoms with Gasteiger partial charge >= 0.3 is 0 Å². The minimum atomic E-state index is 0.118. The van der Waals surface area contributed by atoms with E-state index in [9.17, 15) is 4.79 Å². The fourth-order valence-corrected chi connectivity index (χ4v) is 3.38. The number of thiazole rings is 1. The second-order valence-corrected chi connectivity index (χ2v) is 6.14. The van der Waals surface area contributed by atoms with Gasteiger partial charge in [-0.3, -0.25) is 4.79 Å². The lowest BCUT2D eigenvalue weighted by Gasteiger charge is -2.25. The van der Waals surface area contributed by atoms with E-state index in [0.29, 0.717) is 0 Å². The molecule has 0 N–H and O–H groups in total. The number of rotatable bonds is 3. The Balaban J connectivity index is 1.77. The van der Waals surface area contributed by atoms with E-state index < -0.39 is 0 Å². The van der Waals surface area contributed by atoms with Crippen LogP contribution in [0.15, 0.2) is 30.5 Å². The highest BCUT2D eigenvalue weighted by molar-refractivity contribution is 7.16. The number of methoxy groups -OCH3 is 1. The third kappa shape index (κ3) is 3.08. The van der Waals surface area contributed by atoms with Gasteiger partial charge in [-0.05, 0) is 43.5 Å². The zero-order valence-electron chi connectivity index (χ0n) is 12.0. The highest BCUT2D eigenvalue weighted by Gasteiger charge is 2.20. The van der Waals surface area contributed by atoms with Crippen molar-refractivity contribution in [2.75, 3.05) is 20.2 Å². The van der Waals surface area contributed by atoms with E-state index in [1.54, 1.807) is 13.3 Å². The molecule has 1 aromatic heterocycles. The third-order valence-electron chi connectivity index (χ3n) is 3.70. The number of likely N-dealkylation sites (tertiary alicyclic amines) is 1. The van der Waals surface area contributed by atoms with Crippen molar-refractivity contribution in [1.29, 1.82) is 0 Å². The minimum absolute atomic E-state index is 0.118. The normalized spacial score (nSPS) is 15.0. The number of carbonyl (C=O) groups excluding carboxylic acids is 1. The van der Waals surface area contributed by atoms with Gasteiger partial charge in [-0.2, -0.15) is 0 Å². The molecule has 2 heterocycles. The van der Waals surface area contributed by atoms with Gasteiger partial charge in [0, 0.05) is 18.7 Å². The lowest BCUT2D eigenvalue weighted by molar-refractivity contribution is 0.0729. The zero-order chi connectivity index (χ0) is 14.7. The van der Waals surface area contributed by atoms with Gasteiger partial charge < -0.3 is 9.64 Å². The molecule has 21 heavy (non-hydrogen) atoms. The fourth-order valence-electron chi connectivity index (χ4n) is 2.49. The predicted octanol–water partition coefficient (Wildman–Crippen LogP) is 3.44. The molecule has 1 fully saturated rings. The Morgan fingerprint density at radius 2 is 1.90 bits per heavy atom. The molecule has 4 nitrogen and oxygen atoms in total. The van der Waals surface area contributed by atoms with Crippen LogP contribution in [0.3, 0.4) is 0 Å². The van der Waals surface area contributed by atoms with Crippen LogP contribution in [0.5, 0.6) is 5.75 Å². The van der Waals surface area contributed by atoms with E-state index in [1.165, 1.54) is 17.8 Å². The number of aromatic nitrogens is 1. The molecule has 0 saturated carbocycles. The van der Waals surface area contributed by atoms with Crippen molar-refractivity contribution >= 4 is 17.2 Å². The molecule has 0 unspecified atom stereocenters. The number of hydrogen-bond donors (Lipinski definition) is 0. The average molecular weight is 302 g/mol. The van der Waals surface area contributed by atoms with Crippen LogP contribution in [0.4, 0.5) is 0 Å². The first-order chi connectivity index (χ1) is 10.3. The van der Waals surface area contributed by atoms with Crippen molar-refractivity contribution in [2.45, 2.75) is 19.3 Å². The minimum Gasteiger partial charge on any atom is -0.497 e. The molecule has 0 spiro atoms. The standard InChI is InChI=1S/C16H18N2O2S/c1-20-13-7-5-12(6-8-13)15-17-11-14(21-15)16(19)18-9-3-2-4-10-18/h5-8,11H,2-4,9-10H2,1H3. The molecule has 110 valence electrons. The van der Waals surface area contributed by atoms with Crippen molar-refractivity contribution in [3.8, 4) is 16.3 Å². The lowest BCUT2D eigenvalue weighted by atomic mass is 10.1. The van der Waals surface area contributed by atoms with E-state index in [1.807, 2.05) is 29.2 Å². The summed E-state index contributed by atoms with van der Waals surface area (Å²) in [6, 6.07) is 7.74. The van der Waals surface area contributed by atoms with Crippen molar-refractivity contribution in [3.05, 3.63) is 35.3 Å². The summed E-state index contributed by atoms with van der Waals surface area (Å²) in [6.07, 6.45) is 5.14. The summed E-state index contributed by atoms with van der Waals surface area (Å²) in [5.74, 6) is 0.937. The molecule has 0 bridgehead atoms. The smallest absolute Gasteiger partial charge is 0.265 e. The van der Waals surface area contributed by atoms with Gasteiger partial charge in [-0.25, -0.2) is 4.98 Å². The van der Waals surface area contributed by atoms with E-state index in [0.717, 1.165) is 47.1 Å². The van der Waals surface area contributed by atoms with Gasteiger partial charge in [0.25, 0.3) is 5.91 Å². The summed E-state index contributed by atoms with van der Waals surface area (Å²) in [6.45, 7) is 1.74. The van der Waals surface area contributed by atoms with Crippen molar-refractivity contribution in [3.63, 3.8) is 0 Å². The maximum atomic E-state index is 12.4. The second kappa shape index (κ2) is 6.26. The molecule has 1 saturated heterocycles. The first kappa shape index (κ1) is 14.1. The molecule has 1 aliphatic rings. The second-order valence-electron chi connectivity index (χ2n) is 5.11. The van der Waals surface area contributed by atoms with Gasteiger partial charge in [0.05, 0.1) is 13.3 Å². The Kier molecular flexibility index (Phi) is 4.20. The van der Waals surface area contributed by atoms with Crippen LogP contribution < -0.4 is 4.74 Å². The summed E-state index contributed by atoms with van der Waals surface area (Å²) < 4.78 is 5.15. The van der Waals surface area contributed by atoms with Gasteiger partial charge in [-0.15, -0.1) is 11.3 Å². The maximum absolute atomic E-state index is 12.4. The Hall–Kier alpha value is -1.88. The summed E-state index contributed by atoms with van der Waals surface area (Å²) >= 11 is 1.46. The van der Waals surface area contributed by atoms with Crippen LogP contribution in [0.1, 0.15) is 28.9 Å². The molecule has 0 atom stereocenters. The fraction of sp³-hybridized carbons (Fsp3) is 0.375. The summed E-state index contributed by atoms with van der Waals surface area (Å²) in [5.41, 5.74) is 1.01.